The third-order valence-corrected chi connectivity index (χ3v) is 7.23. The van der Waals surface area contributed by atoms with E-state index in [1.807, 2.05) is 29.2 Å². The molecule has 3 aliphatic rings. The van der Waals surface area contributed by atoms with Crippen molar-refractivity contribution >= 4 is 23.3 Å². The van der Waals surface area contributed by atoms with E-state index >= 15 is 0 Å². The van der Waals surface area contributed by atoms with Crippen LogP contribution < -0.4 is 4.90 Å². The Morgan fingerprint density at radius 1 is 1.06 bits per heavy atom. The highest BCUT2D eigenvalue weighted by Gasteiger charge is 2.35. The summed E-state index contributed by atoms with van der Waals surface area (Å²) in [5.74, 6) is 1.72. The number of carbonyl (C=O) groups excluding carboxylic acids is 1. The Bertz CT molecular complexity index is 955. The molecule has 170 valence electrons. The first-order chi connectivity index (χ1) is 15.6. The average molecular weight is 456 g/mol. The van der Waals surface area contributed by atoms with Crippen LogP contribution >= 0.6 is 11.6 Å². The minimum atomic E-state index is -0.300. The van der Waals surface area contributed by atoms with E-state index in [9.17, 15) is 4.79 Å². The standard InChI is InChI=1S/C24H30ClN5O2/c1-17-2-7-20-21(17)23(27-16-26-20)29-8-10-30(11-9-29)24(31)22(28-12-14-32-15-13-28)18-3-5-19(25)6-4-18/h3-6,16-17,22H,2,7-15H2,1H3/t17-,22-/m1/s1. The van der Waals surface area contributed by atoms with E-state index < -0.39 is 0 Å². The number of anilines is 1. The van der Waals surface area contributed by atoms with Gasteiger partial charge in [-0.25, -0.2) is 9.97 Å². The summed E-state index contributed by atoms with van der Waals surface area (Å²) in [4.78, 5) is 29.4. The molecule has 0 bridgehead atoms. The molecule has 2 aliphatic heterocycles. The van der Waals surface area contributed by atoms with E-state index in [1.165, 1.54) is 11.3 Å². The monoisotopic (exact) mass is 455 g/mol. The minimum Gasteiger partial charge on any atom is -0.379 e. The second kappa shape index (κ2) is 9.33. The third-order valence-electron chi connectivity index (χ3n) is 6.97. The number of hydrogen-bond acceptors (Lipinski definition) is 6. The molecule has 1 aliphatic carbocycles. The Morgan fingerprint density at radius 2 is 1.78 bits per heavy atom. The summed E-state index contributed by atoms with van der Waals surface area (Å²) in [7, 11) is 0. The normalized spacial score (nSPS) is 22.6. The number of aryl methyl sites for hydroxylation is 1. The van der Waals surface area contributed by atoms with Gasteiger partial charge in [0.2, 0.25) is 5.91 Å². The number of rotatable bonds is 4. The molecular formula is C24H30ClN5O2. The number of hydrogen-bond donors (Lipinski definition) is 0. The maximum Gasteiger partial charge on any atom is 0.244 e. The van der Waals surface area contributed by atoms with Crippen LogP contribution in [0.5, 0.6) is 0 Å². The van der Waals surface area contributed by atoms with Crippen molar-refractivity contribution in [2.45, 2.75) is 31.7 Å². The van der Waals surface area contributed by atoms with Crippen LogP contribution in [0, 0.1) is 0 Å². The van der Waals surface area contributed by atoms with E-state index in [2.05, 4.69) is 26.7 Å². The van der Waals surface area contributed by atoms with Crippen LogP contribution in [0.1, 0.15) is 42.1 Å². The zero-order valence-electron chi connectivity index (χ0n) is 18.5. The zero-order chi connectivity index (χ0) is 22.1. The lowest BCUT2D eigenvalue weighted by Gasteiger charge is -2.41. The zero-order valence-corrected chi connectivity index (χ0v) is 19.3. The Kier molecular flexibility index (Phi) is 6.31. The highest BCUT2D eigenvalue weighted by atomic mass is 35.5. The van der Waals surface area contributed by atoms with Gasteiger partial charge in [0.25, 0.3) is 0 Å². The lowest BCUT2D eigenvalue weighted by Crippen LogP contribution is -2.53. The third kappa shape index (κ3) is 4.21. The van der Waals surface area contributed by atoms with Crippen LogP contribution in [-0.2, 0) is 16.0 Å². The summed E-state index contributed by atoms with van der Waals surface area (Å²) in [6.07, 6.45) is 3.87. The quantitative estimate of drug-likeness (QED) is 0.706. The molecular weight excluding hydrogens is 426 g/mol. The maximum absolute atomic E-state index is 13.7. The SMILES string of the molecule is C[C@@H]1CCc2ncnc(N3CCN(C(=O)[C@@H](c4ccc(Cl)cc4)N4CCOCC4)CC3)c21. The molecule has 5 rings (SSSR count). The number of piperazine rings is 1. The number of halogens is 1. The molecule has 0 spiro atoms. The molecule has 0 unspecified atom stereocenters. The van der Waals surface area contributed by atoms with Crippen LogP contribution in [0.25, 0.3) is 0 Å². The van der Waals surface area contributed by atoms with E-state index in [0.29, 0.717) is 37.2 Å². The fraction of sp³-hybridized carbons (Fsp3) is 0.542. The molecule has 3 heterocycles. The number of ether oxygens (including phenoxy) is 1. The fourth-order valence-corrected chi connectivity index (χ4v) is 5.30. The largest absolute Gasteiger partial charge is 0.379 e. The lowest BCUT2D eigenvalue weighted by atomic mass is 10.0. The summed E-state index contributed by atoms with van der Waals surface area (Å²) in [6.45, 7) is 8.05. The van der Waals surface area contributed by atoms with E-state index in [1.54, 1.807) is 6.33 Å². The first kappa shape index (κ1) is 21.6. The van der Waals surface area contributed by atoms with Crippen LogP contribution in [0.15, 0.2) is 30.6 Å². The topological polar surface area (TPSA) is 61.8 Å². The van der Waals surface area contributed by atoms with Crippen molar-refractivity contribution in [2.24, 2.45) is 0 Å². The van der Waals surface area contributed by atoms with Crippen molar-refractivity contribution in [1.82, 2.24) is 19.8 Å². The fourth-order valence-electron chi connectivity index (χ4n) is 5.18. The second-order valence-corrected chi connectivity index (χ2v) is 9.35. The summed E-state index contributed by atoms with van der Waals surface area (Å²) in [5, 5.41) is 0.683. The van der Waals surface area contributed by atoms with Gasteiger partial charge in [-0.15, -0.1) is 0 Å². The number of benzene rings is 1. The molecule has 1 amide bonds. The van der Waals surface area contributed by atoms with Gasteiger partial charge < -0.3 is 14.5 Å². The molecule has 0 radical (unpaired) electrons. The minimum absolute atomic E-state index is 0.162. The number of amides is 1. The molecule has 0 saturated carbocycles. The van der Waals surface area contributed by atoms with Gasteiger partial charge in [0.15, 0.2) is 0 Å². The number of morpholine rings is 1. The van der Waals surface area contributed by atoms with Crippen LogP contribution in [0.3, 0.4) is 0 Å². The van der Waals surface area contributed by atoms with Crippen molar-refractivity contribution in [3.05, 3.63) is 52.4 Å². The predicted octanol–water partition coefficient (Wildman–Crippen LogP) is 2.90. The van der Waals surface area contributed by atoms with Gasteiger partial charge in [-0.2, -0.15) is 0 Å². The lowest BCUT2D eigenvalue weighted by molar-refractivity contribution is -0.139. The van der Waals surface area contributed by atoms with E-state index in [0.717, 1.165) is 50.4 Å². The summed E-state index contributed by atoms with van der Waals surface area (Å²) >= 11 is 6.11. The van der Waals surface area contributed by atoms with Gasteiger partial charge in [0.05, 0.1) is 13.2 Å². The Labute approximate surface area is 194 Å². The Morgan fingerprint density at radius 3 is 2.50 bits per heavy atom. The highest BCUT2D eigenvalue weighted by molar-refractivity contribution is 6.30. The van der Waals surface area contributed by atoms with E-state index in [4.69, 9.17) is 16.3 Å². The second-order valence-electron chi connectivity index (χ2n) is 8.91. The summed E-state index contributed by atoms with van der Waals surface area (Å²) in [6, 6.07) is 7.38. The van der Waals surface area contributed by atoms with Gasteiger partial charge in [-0.3, -0.25) is 9.69 Å². The Hall–Kier alpha value is -2.22. The van der Waals surface area contributed by atoms with Crippen LogP contribution in [0.2, 0.25) is 5.02 Å². The maximum atomic E-state index is 13.7. The molecule has 32 heavy (non-hydrogen) atoms. The van der Waals surface area contributed by atoms with E-state index in [-0.39, 0.29) is 11.9 Å². The van der Waals surface area contributed by atoms with Crippen molar-refractivity contribution in [1.29, 1.82) is 0 Å². The molecule has 1 aromatic heterocycles. The smallest absolute Gasteiger partial charge is 0.244 e. The van der Waals surface area contributed by atoms with Crippen LogP contribution in [-0.4, -0.2) is 78.2 Å². The molecule has 1 aromatic carbocycles. The predicted molar refractivity (Wildman–Crippen MR) is 124 cm³/mol. The molecule has 2 atom stereocenters. The molecule has 2 saturated heterocycles. The van der Waals surface area contributed by atoms with Gasteiger partial charge in [-0.05, 0) is 36.5 Å². The average Bonchev–Trinajstić information content (AvgIpc) is 3.22. The van der Waals surface area contributed by atoms with Crippen molar-refractivity contribution in [2.75, 3.05) is 57.4 Å². The van der Waals surface area contributed by atoms with Crippen molar-refractivity contribution in [3.63, 3.8) is 0 Å². The first-order valence-electron chi connectivity index (χ1n) is 11.6. The van der Waals surface area contributed by atoms with Gasteiger partial charge in [0.1, 0.15) is 18.2 Å². The number of nitrogens with zero attached hydrogens (tertiary/aromatic N) is 5. The summed E-state index contributed by atoms with van der Waals surface area (Å²) < 4.78 is 5.53. The number of aromatic nitrogens is 2. The summed E-state index contributed by atoms with van der Waals surface area (Å²) in [5.41, 5.74) is 3.49. The molecule has 2 fully saturated rings. The molecule has 0 N–H and O–H groups in total. The molecule has 7 nitrogen and oxygen atoms in total. The first-order valence-corrected chi connectivity index (χ1v) is 11.9. The molecule has 8 heteroatoms. The van der Waals surface area contributed by atoms with Gasteiger partial charge in [0, 0.05) is 55.5 Å². The van der Waals surface area contributed by atoms with Crippen LogP contribution in [0.4, 0.5) is 5.82 Å². The number of carbonyl (C=O) groups is 1. The Balaban J connectivity index is 1.32. The van der Waals surface area contributed by atoms with Gasteiger partial charge in [-0.1, -0.05) is 30.7 Å². The van der Waals surface area contributed by atoms with Crippen molar-refractivity contribution in [3.8, 4) is 0 Å². The number of fused-ring (bicyclic) bond motifs is 1. The molecule has 2 aromatic rings. The van der Waals surface area contributed by atoms with Gasteiger partial charge >= 0.3 is 0 Å². The van der Waals surface area contributed by atoms with Crippen molar-refractivity contribution < 1.29 is 9.53 Å². The highest BCUT2D eigenvalue weighted by Crippen LogP contribution is 2.37.